The van der Waals surface area contributed by atoms with Gasteiger partial charge in [0, 0.05) is 41.5 Å². The van der Waals surface area contributed by atoms with Crippen molar-refractivity contribution in [2.75, 3.05) is 7.11 Å². The molecule has 6 rings (SSSR count). The highest BCUT2D eigenvalue weighted by atomic mass is 16.5. The van der Waals surface area contributed by atoms with Gasteiger partial charge in [-0.2, -0.15) is 0 Å². The first-order valence-corrected chi connectivity index (χ1v) is 12.2. The minimum atomic E-state index is 0.162. The fourth-order valence-electron chi connectivity index (χ4n) is 7.87. The van der Waals surface area contributed by atoms with Gasteiger partial charge in [0.2, 0.25) is 5.91 Å². The number of carbonyl (C=O) groups excluding carboxylic acids is 1. The lowest BCUT2D eigenvalue weighted by Crippen LogP contribution is -2.54. The number of hydrogen-bond acceptors (Lipinski definition) is 3. The number of amides is 1. The predicted octanol–water partition coefficient (Wildman–Crippen LogP) is 5.60. The van der Waals surface area contributed by atoms with E-state index in [0.29, 0.717) is 29.7 Å². The van der Waals surface area contributed by atoms with Crippen molar-refractivity contribution in [1.82, 2.24) is 9.88 Å². The molecular weight excluding hydrogens is 384 g/mol. The molecule has 0 unspecified atom stereocenters. The van der Waals surface area contributed by atoms with Crippen LogP contribution in [0.15, 0.2) is 36.3 Å². The second kappa shape index (κ2) is 6.70. The van der Waals surface area contributed by atoms with Gasteiger partial charge in [0.1, 0.15) is 5.75 Å². The minimum Gasteiger partial charge on any atom is -0.496 e. The predicted molar refractivity (Wildman–Crippen MR) is 121 cm³/mol. The Kier molecular flexibility index (Phi) is 4.23. The van der Waals surface area contributed by atoms with Gasteiger partial charge in [-0.25, -0.2) is 0 Å². The number of ether oxygens (including phenoxy) is 1. The summed E-state index contributed by atoms with van der Waals surface area (Å²) in [5.41, 5.74) is 4.35. The van der Waals surface area contributed by atoms with Crippen LogP contribution in [0.2, 0.25) is 0 Å². The van der Waals surface area contributed by atoms with E-state index in [2.05, 4.69) is 35.9 Å². The van der Waals surface area contributed by atoms with Crippen LogP contribution in [-0.4, -0.2) is 28.9 Å². The maximum absolute atomic E-state index is 12.8. The molecule has 1 aliphatic heterocycles. The van der Waals surface area contributed by atoms with E-state index in [9.17, 15) is 4.79 Å². The first-order chi connectivity index (χ1) is 15.0. The number of pyridine rings is 1. The zero-order valence-corrected chi connectivity index (χ0v) is 19.1. The Morgan fingerprint density at radius 1 is 1.06 bits per heavy atom. The third-order valence-electron chi connectivity index (χ3n) is 9.59. The molecule has 1 amide bonds. The molecular formula is C27H34N2O2. The molecule has 4 nitrogen and oxygen atoms in total. The van der Waals surface area contributed by atoms with E-state index in [4.69, 9.17) is 4.74 Å². The summed E-state index contributed by atoms with van der Waals surface area (Å²) >= 11 is 0. The monoisotopic (exact) mass is 418 g/mol. The molecule has 5 atom stereocenters. The minimum absolute atomic E-state index is 0.162. The number of fused-ring (bicyclic) bond motifs is 5. The fraction of sp³-hybridized carbons (Fsp3) is 0.630. The van der Waals surface area contributed by atoms with Gasteiger partial charge in [-0.3, -0.25) is 9.78 Å². The molecule has 1 aromatic rings. The quantitative estimate of drug-likeness (QED) is 0.641. The summed E-state index contributed by atoms with van der Waals surface area (Å²) in [5, 5.41) is 0. The summed E-state index contributed by atoms with van der Waals surface area (Å²) < 4.78 is 5.70. The highest BCUT2D eigenvalue weighted by Crippen LogP contribution is 2.66. The molecule has 1 saturated heterocycles. The zero-order chi connectivity index (χ0) is 21.4. The lowest BCUT2D eigenvalue weighted by molar-refractivity contribution is -0.137. The molecule has 3 fully saturated rings. The van der Waals surface area contributed by atoms with Crippen molar-refractivity contribution in [3.63, 3.8) is 0 Å². The number of piperidine rings is 1. The Hall–Kier alpha value is -2.10. The smallest absolute Gasteiger partial charge is 0.227 e. The van der Waals surface area contributed by atoms with E-state index in [1.54, 1.807) is 7.11 Å². The molecule has 4 heteroatoms. The Morgan fingerprint density at radius 3 is 2.68 bits per heavy atom. The number of likely N-dealkylation sites (tertiary alicyclic amines) is 1. The molecule has 2 heterocycles. The molecule has 31 heavy (non-hydrogen) atoms. The SMILES string of the molecule is COc1ccncc1C1=CC[C@H]2[C@@H]3CC=C4N(C5CC5)C(=O)CC[C@]4(C)[C@H]3CC[C@]12C. The maximum atomic E-state index is 12.8. The molecule has 2 saturated carbocycles. The van der Waals surface area contributed by atoms with Crippen molar-refractivity contribution in [3.05, 3.63) is 41.9 Å². The Balaban J connectivity index is 1.35. The highest BCUT2D eigenvalue weighted by Gasteiger charge is 2.59. The van der Waals surface area contributed by atoms with Gasteiger partial charge in [0.05, 0.1) is 7.11 Å². The summed E-state index contributed by atoms with van der Waals surface area (Å²) in [6.07, 6.45) is 17.6. The van der Waals surface area contributed by atoms with Gasteiger partial charge in [0.25, 0.3) is 0 Å². The number of rotatable bonds is 3. The lowest BCUT2D eigenvalue weighted by atomic mass is 9.49. The maximum Gasteiger partial charge on any atom is 0.227 e. The second-order valence-electron chi connectivity index (χ2n) is 11.0. The van der Waals surface area contributed by atoms with Crippen molar-refractivity contribution in [1.29, 1.82) is 0 Å². The van der Waals surface area contributed by atoms with Crippen LogP contribution >= 0.6 is 0 Å². The number of nitrogens with zero attached hydrogens (tertiary/aromatic N) is 2. The molecule has 1 aromatic heterocycles. The average Bonchev–Trinajstić information content (AvgIpc) is 3.54. The molecule has 0 spiro atoms. The Bertz CT molecular complexity index is 993. The third kappa shape index (κ3) is 2.66. The molecule has 4 aliphatic carbocycles. The first kappa shape index (κ1) is 19.6. The van der Waals surface area contributed by atoms with E-state index >= 15 is 0 Å². The normalized spacial score (nSPS) is 39.3. The van der Waals surface area contributed by atoms with Crippen LogP contribution in [0.1, 0.15) is 70.8 Å². The van der Waals surface area contributed by atoms with Crippen LogP contribution in [0.4, 0.5) is 0 Å². The molecule has 0 radical (unpaired) electrons. The average molecular weight is 419 g/mol. The molecule has 164 valence electrons. The summed E-state index contributed by atoms with van der Waals surface area (Å²) in [6, 6.07) is 2.47. The highest BCUT2D eigenvalue weighted by molar-refractivity contribution is 5.81. The van der Waals surface area contributed by atoms with Crippen LogP contribution in [0.3, 0.4) is 0 Å². The summed E-state index contributed by atoms with van der Waals surface area (Å²) in [5.74, 6) is 3.35. The molecule has 0 N–H and O–H groups in total. The van der Waals surface area contributed by atoms with Crippen LogP contribution < -0.4 is 4.74 Å². The number of carbonyl (C=O) groups is 1. The largest absolute Gasteiger partial charge is 0.496 e. The summed E-state index contributed by atoms with van der Waals surface area (Å²) in [6.45, 7) is 4.97. The molecule has 0 bridgehead atoms. The van der Waals surface area contributed by atoms with E-state index in [-0.39, 0.29) is 10.8 Å². The van der Waals surface area contributed by atoms with Gasteiger partial charge in [0.15, 0.2) is 0 Å². The van der Waals surface area contributed by atoms with Crippen molar-refractivity contribution in [3.8, 4) is 5.75 Å². The molecule has 0 aromatic carbocycles. The van der Waals surface area contributed by atoms with Crippen LogP contribution in [0, 0.1) is 28.6 Å². The fourth-order valence-corrected chi connectivity index (χ4v) is 7.87. The van der Waals surface area contributed by atoms with Crippen molar-refractivity contribution >= 4 is 11.5 Å². The van der Waals surface area contributed by atoms with Gasteiger partial charge in [-0.05, 0) is 79.8 Å². The summed E-state index contributed by atoms with van der Waals surface area (Å²) in [7, 11) is 1.76. The standard InChI is InChI=1S/C27H34N2O2/c1-26-13-10-22-18(20(26)7-8-21(26)19-16-28-15-12-23(19)31-3)6-9-24-27(22,2)14-11-25(30)29(24)17-4-5-17/h8-9,12,15-18,20,22H,4-7,10-11,13-14H2,1-3H3/t18-,20-,22-,26-,27+/m0/s1. The first-order valence-electron chi connectivity index (χ1n) is 12.2. The number of aromatic nitrogens is 1. The Morgan fingerprint density at radius 2 is 1.90 bits per heavy atom. The number of methoxy groups -OCH3 is 1. The van der Waals surface area contributed by atoms with Gasteiger partial charge in [-0.15, -0.1) is 0 Å². The van der Waals surface area contributed by atoms with Crippen LogP contribution in [0.5, 0.6) is 5.75 Å². The van der Waals surface area contributed by atoms with Gasteiger partial charge in [-0.1, -0.05) is 26.0 Å². The van der Waals surface area contributed by atoms with E-state index in [1.165, 1.54) is 42.5 Å². The van der Waals surface area contributed by atoms with Crippen molar-refractivity contribution < 1.29 is 9.53 Å². The zero-order valence-electron chi connectivity index (χ0n) is 19.1. The second-order valence-corrected chi connectivity index (χ2v) is 11.0. The van der Waals surface area contributed by atoms with Crippen LogP contribution in [-0.2, 0) is 4.79 Å². The van der Waals surface area contributed by atoms with E-state index < -0.39 is 0 Å². The van der Waals surface area contributed by atoms with Crippen molar-refractivity contribution in [2.45, 2.75) is 71.3 Å². The van der Waals surface area contributed by atoms with Crippen molar-refractivity contribution in [2.24, 2.45) is 28.6 Å². The van der Waals surface area contributed by atoms with Crippen LogP contribution in [0.25, 0.3) is 5.57 Å². The third-order valence-corrected chi connectivity index (χ3v) is 9.59. The van der Waals surface area contributed by atoms with Gasteiger partial charge >= 0.3 is 0 Å². The van der Waals surface area contributed by atoms with E-state index in [1.807, 2.05) is 18.5 Å². The Labute approximate surface area is 185 Å². The van der Waals surface area contributed by atoms with E-state index in [0.717, 1.165) is 31.4 Å². The van der Waals surface area contributed by atoms with Gasteiger partial charge < -0.3 is 9.64 Å². The number of allylic oxidation sites excluding steroid dienone is 4. The topological polar surface area (TPSA) is 42.4 Å². The molecule has 5 aliphatic rings. The lowest BCUT2D eigenvalue weighted by Gasteiger charge is -2.58. The number of hydrogen-bond donors (Lipinski definition) is 0. The summed E-state index contributed by atoms with van der Waals surface area (Å²) in [4.78, 5) is 19.4.